The molecule has 0 aliphatic carbocycles. The van der Waals surface area contributed by atoms with Crippen LogP contribution in [0.25, 0.3) is 0 Å². The zero-order valence-corrected chi connectivity index (χ0v) is 17.9. The standard InChI is InChI=1S/C23H38O7/c1-2-3-4-5-6-7-8-9-10-17-11-13-18(14-12-17)23(29)30-16-20(26)22(28)21(27)19(25)15-24/h11-14,19-22,24-28H,2-10,15-16H2,1H3/t19-,20+,21+,22+/m0/s1. The molecule has 0 radical (unpaired) electrons. The molecule has 1 aromatic carbocycles. The summed E-state index contributed by atoms with van der Waals surface area (Å²) in [5, 5.41) is 47.1. The van der Waals surface area contributed by atoms with E-state index in [1.165, 1.54) is 44.9 Å². The number of aliphatic hydroxyl groups is 5. The van der Waals surface area contributed by atoms with E-state index in [1.54, 1.807) is 12.1 Å². The van der Waals surface area contributed by atoms with E-state index < -0.39 is 43.6 Å². The van der Waals surface area contributed by atoms with Crippen molar-refractivity contribution >= 4 is 5.97 Å². The van der Waals surface area contributed by atoms with Crippen LogP contribution < -0.4 is 0 Å². The third-order valence-electron chi connectivity index (χ3n) is 5.22. The van der Waals surface area contributed by atoms with Crippen molar-refractivity contribution in [1.29, 1.82) is 0 Å². The van der Waals surface area contributed by atoms with Gasteiger partial charge in [0.1, 0.15) is 31.0 Å². The third-order valence-corrected chi connectivity index (χ3v) is 5.22. The average Bonchev–Trinajstić information content (AvgIpc) is 2.77. The van der Waals surface area contributed by atoms with Gasteiger partial charge >= 0.3 is 5.97 Å². The fourth-order valence-electron chi connectivity index (χ4n) is 3.18. The molecule has 0 fully saturated rings. The van der Waals surface area contributed by atoms with Crippen LogP contribution in [-0.4, -0.2) is 69.1 Å². The molecule has 0 saturated heterocycles. The summed E-state index contributed by atoms with van der Waals surface area (Å²) in [5.41, 5.74) is 1.47. The van der Waals surface area contributed by atoms with Crippen LogP contribution in [0.3, 0.4) is 0 Å². The Kier molecular flexibility index (Phi) is 13.5. The monoisotopic (exact) mass is 426 g/mol. The fourth-order valence-corrected chi connectivity index (χ4v) is 3.18. The van der Waals surface area contributed by atoms with Crippen molar-refractivity contribution in [3.63, 3.8) is 0 Å². The number of aliphatic hydroxyl groups excluding tert-OH is 5. The molecule has 0 saturated carbocycles. The Hall–Kier alpha value is -1.51. The van der Waals surface area contributed by atoms with Crippen molar-refractivity contribution < 1.29 is 35.1 Å². The van der Waals surface area contributed by atoms with Crippen LogP contribution in [0.1, 0.15) is 74.2 Å². The molecule has 7 heteroatoms. The van der Waals surface area contributed by atoms with Crippen molar-refractivity contribution in [1.82, 2.24) is 0 Å². The number of unbranched alkanes of at least 4 members (excludes halogenated alkanes) is 7. The van der Waals surface area contributed by atoms with Gasteiger partial charge in [-0.2, -0.15) is 0 Å². The van der Waals surface area contributed by atoms with E-state index in [4.69, 9.17) is 9.84 Å². The number of hydrogen-bond donors (Lipinski definition) is 5. The van der Waals surface area contributed by atoms with Crippen LogP contribution >= 0.6 is 0 Å². The predicted molar refractivity (Wildman–Crippen MR) is 114 cm³/mol. The number of rotatable bonds is 16. The molecule has 1 rings (SSSR count). The summed E-state index contributed by atoms with van der Waals surface area (Å²) in [5.74, 6) is -0.655. The first kappa shape index (κ1) is 26.5. The van der Waals surface area contributed by atoms with Gasteiger partial charge in [-0.25, -0.2) is 4.79 Å². The minimum atomic E-state index is -1.76. The van der Waals surface area contributed by atoms with Crippen molar-refractivity contribution in [3.8, 4) is 0 Å². The molecule has 0 spiro atoms. The minimum Gasteiger partial charge on any atom is -0.459 e. The summed E-state index contributed by atoms with van der Waals surface area (Å²) in [6.45, 7) is 0.905. The van der Waals surface area contributed by atoms with Crippen molar-refractivity contribution in [2.45, 2.75) is 89.1 Å². The molecule has 0 aromatic heterocycles. The molecular weight excluding hydrogens is 388 g/mol. The Balaban J connectivity index is 2.31. The van der Waals surface area contributed by atoms with Gasteiger partial charge in [-0.3, -0.25) is 0 Å². The summed E-state index contributed by atoms with van der Waals surface area (Å²) < 4.78 is 4.96. The molecule has 30 heavy (non-hydrogen) atoms. The molecular formula is C23H38O7. The predicted octanol–water partition coefficient (Wildman–Crippen LogP) is 1.96. The van der Waals surface area contributed by atoms with Crippen LogP contribution in [-0.2, 0) is 11.2 Å². The summed E-state index contributed by atoms with van der Waals surface area (Å²) >= 11 is 0. The SMILES string of the molecule is CCCCCCCCCCc1ccc(C(=O)OC[C@@H](O)[C@@H](O)[C@H](O)[C@@H](O)CO)cc1. The van der Waals surface area contributed by atoms with Gasteiger partial charge in [0.2, 0.25) is 0 Å². The molecule has 7 nitrogen and oxygen atoms in total. The summed E-state index contributed by atoms with van der Waals surface area (Å²) in [6.07, 6.45) is 4.36. The first-order valence-electron chi connectivity index (χ1n) is 11.0. The Labute approximate surface area is 179 Å². The van der Waals surface area contributed by atoms with Crippen LogP contribution in [0, 0.1) is 0 Å². The number of carbonyl (C=O) groups is 1. The number of ether oxygens (including phenoxy) is 1. The van der Waals surface area contributed by atoms with Gasteiger partial charge in [-0.05, 0) is 30.5 Å². The van der Waals surface area contributed by atoms with E-state index in [9.17, 15) is 25.2 Å². The summed E-state index contributed by atoms with van der Waals surface area (Å²) in [7, 11) is 0. The second kappa shape index (κ2) is 15.3. The summed E-state index contributed by atoms with van der Waals surface area (Å²) in [6, 6.07) is 7.08. The number of benzene rings is 1. The van der Waals surface area contributed by atoms with Gasteiger partial charge in [0.15, 0.2) is 0 Å². The molecule has 0 aliphatic rings. The highest BCUT2D eigenvalue weighted by atomic mass is 16.5. The van der Waals surface area contributed by atoms with Crippen molar-refractivity contribution in [2.24, 2.45) is 0 Å². The maximum absolute atomic E-state index is 12.1. The Morgan fingerprint density at radius 2 is 1.37 bits per heavy atom. The Morgan fingerprint density at radius 3 is 1.93 bits per heavy atom. The molecule has 4 atom stereocenters. The zero-order valence-electron chi connectivity index (χ0n) is 17.9. The van der Waals surface area contributed by atoms with Gasteiger partial charge < -0.3 is 30.3 Å². The summed E-state index contributed by atoms with van der Waals surface area (Å²) in [4.78, 5) is 12.1. The second-order valence-corrected chi connectivity index (χ2v) is 7.82. The lowest BCUT2D eigenvalue weighted by Gasteiger charge is -2.25. The van der Waals surface area contributed by atoms with Crippen LogP contribution in [0.5, 0.6) is 0 Å². The van der Waals surface area contributed by atoms with Crippen molar-refractivity contribution in [2.75, 3.05) is 13.2 Å². The van der Waals surface area contributed by atoms with Gasteiger partial charge in [0, 0.05) is 0 Å². The molecule has 5 N–H and O–H groups in total. The van der Waals surface area contributed by atoms with Gasteiger partial charge in [0.25, 0.3) is 0 Å². The maximum atomic E-state index is 12.1. The zero-order chi connectivity index (χ0) is 22.4. The number of hydrogen-bond acceptors (Lipinski definition) is 7. The minimum absolute atomic E-state index is 0.326. The van der Waals surface area contributed by atoms with E-state index in [0.717, 1.165) is 18.4 Å². The highest BCUT2D eigenvalue weighted by molar-refractivity contribution is 5.89. The topological polar surface area (TPSA) is 127 Å². The first-order chi connectivity index (χ1) is 14.4. The van der Waals surface area contributed by atoms with E-state index in [1.807, 2.05) is 12.1 Å². The van der Waals surface area contributed by atoms with Gasteiger partial charge in [0.05, 0.1) is 12.2 Å². The van der Waals surface area contributed by atoms with E-state index >= 15 is 0 Å². The molecule has 0 bridgehead atoms. The van der Waals surface area contributed by atoms with Crippen molar-refractivity contribution in [3.05, 3.63) is 35.4 Å². The van der Waals surface area contributed by atoms with Crippen LogP contribution in [0.4, 0.5) is 0 Å². The number of aryl methyl sites for hydroxylation is 1. The lowest BCUT2D eigenvalue weighted by atomic mass is 10.0. The largest absolute Gasteiger partial charge is 0.459 e. The molecule has 0 heterocycles. The third kappa shape index (κ3) is 10.00. The maximum Gasteiger partial charge on any atom is 0.338 e. The first-order valence-corrected chi connectivity index (χ1v) is 11.0. The lowest BCUT2D eigenvalue weighted by Crippen LogP contribution is -2.47. The molecule has 0 aliphatic heterocycles. The Morgan fingerprint density at radius 1 is 0.833 bits per heavy atom. The molecule has 172 valence electrons. The average molecular weight is 427 g/mol. The number of carbonyl (C=O) groups excluding carboxylic acids is 1. The van der Waals surface area contributed by atoms with E-state index in [0.29, 0.717) is 5.56 Å². The molecule has 0 amide bonds. The highest BCUT2D eigenvalue weighted by Crippen LogP contribution is 2.13. The number of esters is 1. The highest BCUT2D eigenvalue weighted by Gasteiger charge is 2.30. The smallest absolute Gasteiger partial charge is 0.338 e. The molecule has 0 unspecified atom stereocenters. The van der Waals surface area contributed by atoms with Gasteiger partial charge in [-0.1, -0.05) is 64.0 Å². The van der Waals surface area contributed by atoms with Crippen LogP contribution in [0.2, 0.25) is 0 Å². The fraction of sp³-hybridized carbons (Fsp3) is 0.696. The van der Waals surface area contributed by atoms with E-state index in [2.05, 4.69) is 6.92 Å². The Bertz CT molecular complexity index is 575. The normalized spacial score (nSPS) is 15.4. The quantitative estimate of drug-likeness (QED) is 0.202. The second-order valence-electron chi connectivity index (χ2n) is 7.82. The van der Waals surface area contributed by atoms with Crippen LogP contribution in [0.15, 0.2) is 24.3 Å². The van der Waals surface area contributed by atoms with Gasteiger partial charge in [-0.15, -0.1) is 0 Å². The lowest BCUT2D eigenvalue weighted by molar-refractivity contribution is -0.124. The van der Waals surface area contributed by atoms with E-state index in [-0.39, 0.29) is 0 Å². The molecule has 1 aromatic rings.